The average Bonchev–Trinajstić information content (AvgIpc) is 2.79. The second-order valence-electron chi connectivity index (χ2n) is 5.43. The topological polar surface area (TPSA) is 124 Å². The van der Waals surface area contributed by atoms with Gasteiger partial charge < -0.3 is 10.4 Å². The number of carboxylic acid groups (broad SMARTS) is 1. The number of aliphatic carboxylic acids is 1. The van der Waals surface area contributed by atoms with Crippen LogP contribution >= 0.6 is 0 Å². The number of hydrogen-bond donors (Lipinski definition) is 2. The maximum atomic E-state index is 12.3. The van der Waals surface area contributed by atoms with Crippen molar-refractivity contribution in [2.45, 2.75) is 19.0 Å². The van der Waals surface area contributed by atoms with Crippen LogP contribution in [-0.2, 0) is 14.8 Å². The number of urea groups is 2. The van der Waals surface area contributed by atoms with Crippen molar-refractivity contribution in [1.29, 1.82) is 0 Å². The highest BCUT2D eigenvalue weighted by Gasteiger charge is 2.44. The zero-order chi connectivity index (χ0) is 18.1. The van der Waals surface area contributed by atoms with E-state index in [1.54, 1.807) is 18.2 Å². The third-order valence-corrected chi connectivity index (χ3v) is 4.75. The van der Waals surface area contributed by atoms with Gasteiger partial charge in [-0.2, -0.15) is 0 Å². The Hall–Kier alpha value is -2.62. The molecule has 2 unspecified atom stereocenters. The first-order valence-electron chi connectivity index (χ1n) is 7.02. The molecule has 1 aromatic rings. The highest BCUT2D eigenvalue weighted by atomic mass is 32.2. The maximum absolute atomic E-state index is 12.3. The Kier molecular flexibility index (Phi) is 4.78. The molecule has 1 saturated heterocycles. The number of nitrogens with zero attached hydrogens (tertiary/aromatic N) is 2. The number of hydrogen-bond acceptors (Lipinski definition) is 5. The highest BCUT2D eigenvalue weighted by Crippen LogP contribution is 2.20. The van der Waals surface area contributed by atoms with E-state index >= 15 is 0 Å². The van der Waals surface area contributed by atoms with E-state index in [9.17, 15) is 27.9 Å². The van der Waals surface area contributed by atoms with E-state index in [-0.39, 0.29) is 6.54 Å². The molecular formula is C14H17N3O6S. The molecule has 2 rings (SSSR count). The van der Waals surface area contributed by atoms with Crippen LogP contribution in [-0.4, -0.2) is 59.6 Å². The third-order valence-electron chi connectivity index (χ3n) is 3.52. The number of imide groups is 1. The van der Waals surface area contributed by atoms with Gasteiger partial charge >= 0.3 is 18.0 Å². The van der Waals surface area contributed by atoms with Gasteiger partial charge in [0.2, 0.25) is 10.0 Å². The normalized spacial score (nSPS) is 19.2. The number of sulfonamides is 1. The van der Waals surface area contributed by atoms with Gasteiger partial charge in [-0.05, 0) is 12.5 Å². The lowest BCUT2D eigenvalue weighted by molar-refractivity contribution is -0.139. The fourth-order valence-electron chi connectivity index (χ4n) is 2.50. The van der Waals surface area contributed by atoms with Crippen molar-refractivity contribution in [3.8, 4) is 0 Å². The predicted octanol–water partition coefficient (Wildman–Crippen LogP) is 0.608. The summed E-state index contributed by atoms with van der Waals surface area (Å²) >= 11 is 0. The monoisotopic (exact) mass is 355 g/mol. The second kappa shape index (κ2) is 6.48. The van der Waals surface area contributed by atoms with Crippen molar-refractivity contribution < 1.29 is 27.9 Å². The zero-order valence-electron chi connectivity index (χ0n) is 13.0. The molecule has 24 heavy (non-hydrogen) atoms. The quantitative estimate of drug-likeness (QED) is 0.815. The summed E-state index contributed by atoms with van der Waals surface area (Å²) in [7, 11) is -3.82. The summed E-state index contributed by atoms with van der Waals surface area (Å²) in [5, 5.41) is 11.5. The van der Waals surface area contributed by atoms with Gasteiger partial charge in [0.15, 0.2) is 6.04 Å². The number of amides is 4. The van der Waals surface area contributed by atoms with E-state index in [1.807, 2.05) is 0 Å². The lowest BCUT2D eigenvalue weighted by Crippen LogP contribution is -2.46. The van der Waals surface area contributed by atoms with Gasteiger partial charge in [-0.1, -0.05) is 30.3 Å². The summed E-state index contributed by atoms with van der Waals surface area (Å²) in [5.74, 6) is -1.30. The predicted molar refractivity (Wildman–Crippen MR) is 83.6 cm³/mol. The molecule has 4 amide bonds. The molecule has 0 saturated carbocycles. The van der Waals surface area contributed by atoms with Crippen LogP contribution in [0.25, 0.3) is 0 Å². The molecule has 1 heterocycles. The van der Waals surface area contributed by atoms with Gasteiger partial charge in [0, 0.05) is 0 Å². The van der Waals surface area contributed by atoms with E-state index in [0.717, 1.165) is 6.26 Å². The number of nitrogens with one attached hydrogen (secondary N) is 1. The first-order valence-corrected chi connectivity index (χ1v) is 8.87. The number of rotatable bonds is 4. The van der Waals surface area contributed by atoms with Crippen LogP contribution in [0.2, 0.25) is 0 Å². The Morgan fingerprint density at radius 1 is 1.29 bits per heavy atom. The van der Waals surface area contributed by atoms with Crippen LogP contribution in [0.15, 0.2) is 30.3 Å². The maximum Gasteiger partial charge on any atom is 0.342 e. The fraction of sp³-hybridized carbons (Fsp3) is 0.357. The molecule has 1 aliphatic heterocycles. The lowest BCUT2D eigenvalue weighted by atomic mass is 10.1. The van der Waals surface area contributed by atoms with Gasteiger partial charge in [0.25, 0.3) is 0 Å². The minimum atomic E-state index is -3.82. The van der Waals surface area contributed by atoms with Gasteiger partial charge in [0.1, 0.15) is 0 Å². The van der Waals surface area contributed by atoms with Gasteiger partial charge in [-0.3, -0.25) is 0 Å². The summed E-state index contributed by atoms with van der Waals surface area (Å²) < 4.78 is 23.9. The van der Waals surface area contributed by atoms with E-state index < -0.39 is 40.1 Å². The van der Waals surface area contributed by atoms with Crippen molar-refractivity contribution in [3.05, 3.63) is 35.9 Å². The van der Waals surface area contributed by atoms with Crippen LogP contribution < -0.4 is 5.32 Å². The molecular weight excluding hydrogens is 338 g/mol. The van der Waals surface area contributed by atoms with E-state index in [4.69, 9.17) is 0 Å². The lowest BCUT2D eigenvalue weighted by Gasteiger charge is -2.20. The van der Waals surface area contributed by atoms with Crippen LogP contribution in [0.5, 0.6) is 0 Å². The summed E-state index contributed by atoms with van der Waals surface area (Å²) in [6.45, 7) is 1.33. The molecule has 10 heteroatoms. The average molecular weight is 355 g/mol. The van der Waals surface area contributed by atoms with Gasteiger partial charge in [-0.15, -0.1) is 0 Å². The molecule has 130 valence electrons. The Morgan fingerprint density at radius 3 is 2.33 bits per heavy atom. The summed E-state index contributed by atoms with van der Waals surface area (Å²) in [5.41, 5.74) is 0.331. The first kappa shape index (κ1) is 17.7. The van der Waals surface area contributed by atoms with E-state index in [2.05, 4.69) is 5.32 Å². The Morgan fingerprint density at radius 2 is 1.88 bits per heavy atom. The Bertz CT molecular complexity index is 764. The van der Waals surface area contributed by atoms with Crippen LogP contribution in [0.1, 0.15) is 18.5 Å². The number of carboxylic acids is 1. The summed E-state index contributed by atoms with van der Waals surface area (Å²) in [6, 6.07) is 3.94. The van der Waals surface area contributed by atoms with E-state index in [1.165, 1.54) is 19.1 Å². The molecule has 0 aromatic heterocycles. The smallest absolute Gasteiger partial charge is 0.342 e. The molecule has 1 aromatic carbocycles. The summed E-state index contributed by atoms with van der Waals surface area (Å²) in [6.07, 6.45) is 0.868. The standard InChI is InChI=1S/C14H17N3O6S/c1-9-8-16(14(21)17(9)24(2,22)23)13(20)15-11(12(18)19)10-6-4-3-5-7-10/h3-7,9,11H,8H2,1-2H3,(H,15,20)(H,18,19). The SMILES string of the molecule is CC1CN(C(=O)NC(C(=O)O)c2ccccc2)C(=O)N1S(C)(=O)=O. The fourth-order valence-corrected chi connectivity index (χ4v) is 3.60. The van der Waals surface area contributed by atoms with Crippen molar-refractivity contribution in [2.75, 3.05) is 12.8 Å². The Labute approximate surface area is 138 Å². The molecule has 2 atom stereocenters. The number of carbonyl (C=O) groups is 3. The molecule has 0 aliphatic carbocycles. The minimum absolute atomic E-state index is 0.154. The van der Waals surface area contributed by atoms with Crippen molar-refractivity contribution in [3.63, 3.8) is 0 Å². The molecule has 0 spiro atoms. The highest BCUT2D eigenvalue weighted by molar-refractivity contribution is 7.88. The number of benzene rings is 1. The van der Waals surface area contributed by atoms with Crippen molar-refractivity contribution in [1.82, 2.24) is 14.5 Å². The minimum Gasteiger partial charge on any atom is -0.479 e. The largest absolute Gasteiger partial charge is 0.479 e. The summed E-state index contributed by atoms with van der Waals surface area (Å²) in [4.78, 5) is 36.5. The molecule has 1 aliphatic rings. The zero-order valence-corrected chi connectivity index (χ0v) is 13.9. The van der Waals surface area contributed by atoms with Crippen LogP contribution in [0.3, 0.4) is 0 Å². The first-order chi connectivity index (χ1) is 11.1. The molecule has 2 N–H and O–H groups in total. The molecule has 0 bridgehead atoms. The van der Waals surface area contributed by atoms with Crippen LogP contribution in [0, 0.1) is 0 Å². The molecule has 9 nitrogen and oxygen atoms in total. The van der Waals surface area contributed by atoms with E-state index in [0.29, 0.717) is 14.8 Å². The van der Waals surface area contributed by atoms with Crippen molar-refractivity contribution in [2.24, 2.45) is 0 Å². The second-order valence-corrected chi connectivity index (χ2v) is 7.29. The van der Waals surface area contributed by atoms with Crippen molar-refractivity contribution >= 4 is 28.1 Å². The Balaban J connectivity index is 2.20. The van der Waals surface area contributed by atoms with Crippen LogP contribution in [0.4, 0.5) is 9.59 Å². The van der Waals surface area contributed by atoms with Gasteiger partial charge in [-0.25, -0.2) is 32.0 Å². The third kappa shape index (κ3) is 3.48. The molecule has 0 radical (unpaired) electrons. The molecule has 1 fully saturated rings. The van der Waals surface area contributed by atoms with Gasteiger partial charge in [0.05, 0.1) is 18.8 Å². The number of carbonyl (C=O) groups excluding carboxylic acids is 2.